The summed E-state index contributed by atoms with van der Waals surface area (Å²) < 4.78 is 0. The summed E-state index contributed by atoms with van der Waals surface area (Å²) in [6.45, 7) is 4.37. The van der Waals surface area contributed by atoms with Gasteiger partial charge in [-0.15, -0.1) is 0 Å². The van der Waals surface area contributed by atoms with Crippen LogP contribution in [-0.2, 0) is 0 Å². The number of benzene rings is 1. The average Bonchev–Trinajstić information content (AvgIpc) is 2.54. The number of rotatable bonds is 5. The lowest BCUT2D eigenvalue weighted by Crippen LogP contribution is -2.19. The highest BCUT2D eigenvalue weighted by atomic mass is 16.1. The van der Waals surface area contributed by atoms with Crippen molar-refractivity contribution in [2.45, 2.75) is 26.2 Å². The summed E-state index contributed by atoms with van der Waals surface area (Å²) in [5.41, 5.74) is 2.65. The highest BCUT2D eigenvalue weighted by Gasteiger charge is 2.14. The Labute approximate surface area is 132 Å². The quantitative estimate of drug-likeness (QED) is 0.910. The van der Waals surface area contributed by atoms with Crippen LogP contribution in [0.25, 0.3) is 0 Å². The summed E-state index contributed by atoms with van der Waals surface area (Å²) in [6, 6.07) is 11.6. The SMILES string of the molecule is CCC(C)c1ccc(NC(=O)c2cccnc2N(C)C)cc1. The molecule has 1 aromatic carbocycles. The second kappa shape index (κ2) is 7.07. The molecule has 1 heterocycles. The van der Waals surface area contributed by atoms with Crippen molar-refractivity contribution in [3.05, 3.63) is 53.7 Å². The largest absolute Gasteiger partial charge is 0.362 e. The molecule has 4 nitrogen and oxygen atoms in total. The van der Waals surface area contributed by atoms with Gasteiger partial charge in [-0.05, 0) is 42.2 Å². The van der Waals surface area contributed by atoms with Crippen molar-refractivity contribution in [2.24, 2.45) is 0 Å². The van der Waals surface area contributed by atoms with Crippen LogP contribution in [0, 0.1) is 0 Å². The van der Waals surface area contributed by atoms with Crippen LogP contribution in [0.5, 0.6) is 0 Å². The summed E-state index contributed by atoms with van der Waals surface area (Å²) in [7, 11) is 3.75. The van der Waals surface area contributed by atoms with Crippen molar-refractivity contribution in [3.63, 3.8) is 0 Å². The highest BCUT2D eigenvalue weighted by Crippen LogP contribution is 2.21. The van der Waals surface area contributed by atoms with E-state index >= 15 is 0 Å². The molecule has 1 aromatic heterocycles. The third-order valence-corrected chi connectivity index (χ3v) is 3.80. The predicted octanol–water partition coefficient (Wildman–Crippen LogP) is 3.91. The van der Waals surface area contributed by atoms with E-state index in [2.05, 4.69) is 36.3 Å². The lowest BCUT2D eigenvalue weighted by atomic mass is 9.98. The Kier molecular flexibility index (Phi) is 5.15. The zero-order chi connectivity index (χ0) is 16.1. The molecule has 1 atom stereocenters. The summed E-state index contributed by atoms with van der Waals surface area (Å²) in [6.07, 6.45) is 2.79. The minimum absolute atomic E-state index is 0.145. The van der Waals surface area contributed by atoms with Gasteiger partial charge in [0.2, 0.25) is 0 Å². The fraction of sp³-hybridized carbons (Fsp3) is 0.333. The normalized spacial score (nSPS) is 11.8. The van der Waals surface area contributed by atoms with Crippen LogP contribution in [0.4, 0.5) is 11.5 Å². The van der Waals surface area contributed by atoms with E-state index in [9.17, 15) is 4.79 Å². The van der Waals surface area contributed by atoms with Gasteiger partial charge in [-0.2, -0.15) is 0 Å². The second-order valence-electron chi connectivity index (χ2n) is 5.65. The maximum atomic E-state index is 12.4. The molecule has 0 saturated carbocycles. The van der Waals surface area contributed by atoms with Gasteiger partial charge >= 0.3 is 0 Å². The second-order valence-corrected chi connectivity index (χ2v) is 5.65. The molecule has 1 unspecified atom stereocenters. The molecule has 1 amide bonds. The van der Waals surface area contributed by atoms with Gasteiger partial charge in [-0.25, -0.2) is 4.98 Å². The van der Waals surface area contributed by atoms with Crippen LogP contribution < -0.4 is 10.2 Å². The Bertz CT molecular complexity index is 635. The molecule has 2 rings (SSSR count). The number of aromatic nitrogens is 1. The van der Waals surface area contributed by atoms with E-state index in [1.165, 1.54) is 5.56 Å². The van der Waals surface area contributed by atoms with Gasteiger partial charge in [-0.1, -0.05) is 26.0 Å². The zero-order valence-corrected chi connectivity index (χ0v) is 13.6. The van der Waals surface area contributed by atoms with Gasteiger partial charge in [0.15, 0.2) is 0 Å². The first-order chi connectivity index (χ1) is 10.5. The molecule has 1 N–H and O–H groups in total. The van der Waals surface area contributed by atoms with E-state index in [1.54, 1.807) is 18.3 Å². The van der Waals surface area contributed by atoms with Crippen molar-refractivity contribution in [3.8, 4) is 0 Å². The van der Waals surface area contributed by atoms with Crippen LogP contribution in [-0.4, -0.2) is 25.0 Å². The van der Waals surface area contributed by atoms with E-state index in [-0.39, 0.29) is 5.91 Å². The summed E-state index contributed by atoms with van der Waals surface area (Å²) in [5, 5.41) is 2.93. The number of pyridine rings is 1. The van der Waals surface area contributed by atoms with Crippen LogP contribution in [0.2, 0.25) is 0 Å². The van der Waals surface area contributed by atoms with Crippen molar-refractivity contribution in [1.82, 2.24) is 4.98 Å². The van der Waals surface area contributed by atoms with Gasteiger partial charge in [-0.3, -0.25) is 4.79 Å². The Hall–Kier alpha value is -2.36. The number of carbonyl (C=O) groups is 1. The molecule has 116 valence electrons. The Morgan fingerprint density at radius 1 is 1.23 bits per heavy atom. The van der Waals surface area contributed by atoms with Crippen molar-refractivity contribution in [2.75, 3.05) is 24.3 Å². The molecule has 0 aliphatic carbocycles. The summed E-state index contributed by atoms with van der Waals surface area (Å²) >= 11 is 0. The van der Waals surface area contributed by atoms with E-state index in [0.29, 0.717) is 17.3 Å². The molecular formula is C18H23N3O. The molecular weight excluding hydrogens is 274 g/mol. The molecule has 0 spiro atoms. The van der Waals surface area contributed by atoms with Crippen LogP contribution in [0.15, 0.2) is 42.6 Å². The highest BCUT2D eigenvalue weighted by molar-refractivity contribution is 6.07. The van der Waals surface area contributed by atoms with Gasteiger partial charge in [0.05, 0.1) is 5.56 Å². The topological polar surface area (TPSA) is 45.2 Å². The van der Waals surface area contributed by atoms with E-state index in [1.807, 2.05) is 31.1 Å². The Morgan fingerprint density at radius 3 is 2.50 bits per heavy atom. The first-order valence-corrected chi connectivity index (χ1v) is 7.56. The van der Waals surface area contributed by atoms with E-state index in [0.717, 1.165) is 12.1 Å². The standard InChI is InChI=1S/C18H23N3O/c1-5-13(2)14-8-10-15(11-9-14)20-18(22)16-7-6-12-19-17(16)21(3)4/h6-13H,5H2,1-4H3,(H,20,22). The zero-order valence-electron chi connectivity index (χ0n) is 13.6. The van der Waals surface area contributed by atoms with Gasteiger partial charge in [0.1, 0.15) is 5.82 Å². The smallest absolute Gasteiger partial charge is 0.259 e. The first kappa shape index (κ1) is 16.0. The number of nitrogens with zero attached hydrogens (tertiary/aromatic N) is 2. The minimum Gasteiger partial charge on any atom is -0.362 e. The Morgan fingerprint density at radius 2 is 1.91 bits per heavy atom. The maximum Gasteiger partial charge on any atom is 0.259 e. The van der Waals surface area contributed by atoms with Crippen LogP contribution in [0.3, 0.4) is 0 Å². The fourth-order valence-corrected chi connectivity index (χ4v) is 2.26. The number of nitrogens with one attached hydrogen (secondary N) is 1. The van der Waals surface area contributed by atoms with Crippen molar-refractivity contribution >= 4 is 17.4 Å². The van der Waals surface area contributed by atoms with Gasteiger partial charge < -0.3 is 10.2 Å². The maximum absolute atomic E-state index is 12.4. The Balaban J connectivity index is 2.16. The molecule has 0 bridgehead atoms. The van der Waals surface area contributed by atoms with E-state index in [4.69, 9.17) is 0 Å². The molecule has 0 aliphatic heterocycles. The first-order valence-electron chi connectivity index (χ1n) is 7.56. The number of amides is 1. The minimum atomic E-state index is -0.145. The molecule has 0 saturated heterocycles. The fourth-order valence-electron chi connectivity index (χ4n) is 2.26. The molecule has 0 fully saturated rings. The van der Waals surface area contributed by atoms with Gasteiger partial charge in [0, 0.05) is 26.0 Å². The number of anilines is 2. The molecule has 0 radical (unpaired) electrons. The van der Waals surface area contributed by atoms with Crippen molar-refractivity contribution in [1.29, 1.82) is 0 Å². The summed E-state index contributed by atoms with van der Waals surface area (Å²) in [5.74, 6) is 1.05. The number of hydrogen-bond donors (Lipinski definition) is 1. The number of hydrogen-bond acceptors (Lipinski definition) is 3. The van der Waals surface area contributed by atoms with Crippen molar-refractivity contribution < 1.29 is 4.79 Å². The molecule has 2 aromatic rings. The predicted molar refractivity (Wildman–Crippen MR) is 91.7 cm³/mol. The lowest BCUT2D eigenvalue weighted by molar-refractivity contribution is 0.102. The molecule has 4 heteroatoms. The monoisotopic (exact) mass is 297 g/mol. The third-order valence-electron chi connectivity index (χ3n) is 3.80. The van der Waals surface area contributed by atoms with Crippen LogP contribution in [0.1, 0.15) is 42.1 Å². The third kappa shape index (κ3) is 3.64. The average molecular weight is 297 g/mol. The molecule has 0 aliphatic rings. The molecule has 22 heavy (non-hydrogen) atoms. The lowest BCUT2D eigenvalue weighted by Gasteiger charge is -2.15. The van der Waals surface area contributed by atoms with Crippen LogP contribution >= 0.6 is 0 Å². The van der Waals surface area contributed by atoms with Gasteiger partial charge in [0.25, 0.3) is 5.91 Å². The van der Waals surface area contributed by atoms with E-state index < -0.39 is 0 Å². The number of carbonyl (C=O) groups excluding carboxylic acids is 1. The summed E-state index contributed by atoms with van der Waals surface area (Å²) in [4.78, 5) is 18.5.